The molecular formula is C20H12F6O2S. The lowest BCUT2D eigenvalue weighted by Gasteiger charge is -2.07. The Morgan fingerprint density at radius 2 is 1.31 bits per heavy atom. The predicted octanol–water partition coefficient (Wildman–Crippen LogP) is 6.94. The maximum absolute atomic E-state index is 12.7. The number of furan rings is 1. The van der Waals surface area contributed by atoms with Crippen LogP contribution in [0.4, 0.5) is 26.3 Å². The summed E-state index contributed by atoms with van der Waals surface area (Å²) in [6, 6.07) is 9.36. The molecule has 0 bridgehead atoms. The van der Waals surface area contributed by atoms with Gasteiger partial charge in [0, 0.05) is 17.2 Å². The average molecular weight is 430 g/mol. The number of carbonyl (C=O) groups is 1. The lowest BCUT2D eigenvalue weighted by Crippen LogP contribution is -2.06. The van der Waals surface area contributed by atoms with E-state index < -0.39 is 29.3 Å². The number of ketones is 1. The van der Waals surface area contributed by atoms with Crippen LogP contribution in [0.5, 0.6) is 0 Å². The second kappa shape index (κ2) is 7.62. The molecule has 0 radical (unpaired) electrons. The van der Waals surface area contributed by atoms with Crippen molar-refractivity contribution in [1.29, 1.82) is 0 Å². The Bertz CT molecular complexity index is 1020. The van der Waals surface area contributed by atoms with Crippen molar-refractivity contribution in [1.82, 2.24) is 0 Å². The van der Waals surface area contributed by atoms with Crippen LogP contribution in [-0.4, -0.2) is 12.0 Å². The molecule has 1 heterocycles. The number of benzene rings is 2. The van der Waals surface area contributed by atoms with E-state index in [4.69, 9.17) is 4.42 Å². The summed E-state index contributed by atoms with van der Waals surface area (Å²) >= 11 is 1.22. The third kappa shape index (κ3) is 4.50. The zero-order chi connectivity index (χ0) is 21.4. The van der Waals surface area contributed by atoms with Crippen molar-refractivity contribution >= 4 is 17.5 Å². The monoisotopic (exact) mass is 430 g/mol. The van der Waals surface area contributed by atoms with Gasteiger partial charge >= 0.3 is 12.4 Å². The van der Waals surface area contributed by atoms with Crippen LogP contribution < -0.4 is 0 Å². The fraction of sp³-hybridized carbons (Fsp3) is 0.150. The van der Waals surface area contributed by atoms with E-state index in [-0.39, 0.29) is 17.1 Å². The molecule has 0 unspecified atom stereocenters. The van der Waals surface area contributed by atoms with E-state index in [1.807, 2.05) is 0 Å². The molecule has 1 aromatic heterocycles. The fourth-order valence-electron chi connectivity index (χ4n) is 2.60. The first kappa shape index (κ1) is 21.0. The first-order chi connectivity index (χ1) is 13.5. The van der Waals surface area contributed by atoms with Crippen LogP contribution in [0.1, 0.15) is 27.2 Å². The van der Waals surface area contributed by atoms with E-state index in [0.29, 0.717) is 10.5 Å². The van der Waals surface area contributed by atoms with Gasteiger partial charge in [0.2, 0.25) is 5.78 Å². The number of hydrogen-bond acceptors (Lipinski definition) is 3. The van der Waals surface area contributed by atoms with Crippen LogP contribution in [0.25, 0.3) is 11.3 Å². The topological polar surface area (TPSA) is 30.2 Å². The number of halogens is 6. The van der Waals surface area contributed by atoms with Crippen LogP contribution in [0.3, 0.4) is 0 Å². The second-order valence-corrected chi connectivity index (χ2v) is 6.84. The third-order valence-corrected chi connectivity index (χ3v) is 4.83. The van der Waals surface area contributed by atoms with Gasteiger partial charge in [-0.25, -0.2) is 0 Å². The molecule has 2 aromatic carbocycles. The summed E-state index contributed by atoms with van der Waals surface area (Å²) in [6.45, 7) is 0. The number of hydrogen-bond donors (Lipinski definition) is 0. The van der Waals surface area contributed by atoms with Gasteiger partial charge < -0.3 is 4.42 Å². The van der Waals surface area contributed by atoms with Gasteiger partial charge in [-0.15, -0.1) is 11.8 Å². The summed E-state index contributed by atoms with van der Waals surface area (Å²) in [5, 5.41) is 0. The molecule has 0 spiro atoms. The summed E-state index contributed by atoms with van der Waals surface area (Å²) in [5.41, 5.74) is -1.37. The van der Waals surface area contributed by atoms with E-state index in [1.165, 1.54) is 30.0 Å². The van der Waals surface area contributed by atoms with Crippen molar-refractivity contribution < 1.29 is 35.6 Å². The normalized spacial score (nSPS) is 12.2. The highest BCUT2D eigenvalue weighted by Crippen LogP contribution is 2.37. The average Bonchev–Trinajstić information content (AvgIpc) is 3.10. The Morgan fingerprint density at radius 3 is 1.76 bits per heavy atom. The Morgan fingerprint density at radius 1 is 0.828 bits per heavy atom. The van der Waals surface area contributed by atoms with Crippen molar-refractivity contribution in [3.05, 3.63) is 77.0 Å². The summed E-state index contributed by atoms with van der Waals surface area (Å²) < 4.78 is 81.7. The highest BCUT2D eigenvalue weighted by atomic mass is 32.2. The fourth-order valence-corrected chi connectivity index (χ4v) is 3.17. The van der Waals surface area contributed by atoms with E-state index in [2.05, 4.69) is 0 Å². The largest absolute Gasteiger partial charge is 0.451 e. The predicted molar refractivity (Wildman–Crippen MR) is 95.8 cm³/mol. The molecule has 152 valence electrons. The molecular weight excluding hydrogens is 418 g/mol. The van der Waals surface area contributed by atoms with E-state index in [9.17, 15) is 31.1 Å². The van der Waals surface area contributed by atoms with E-state index in [1.54, 1.807) is 6.26 Å². The third-order valence-electron chi connectivity index (χ3n) is 4.09. The summed E-state index contributed by atoms with van der Waals surface area (Å²) in [7, 11) is 0. The van der Waals surface area contributed by atoms with Crippen LogP contribution in [-0.2, 0) is 12.4 Å². The molecule has 3 aromatic rings. The Hall–Kier alpha value is -2.68. The minimum atomic E-state index is -4.52. The molecule has 9 heteroatoms. The zero-order valence-electron chi connectivity index (χ0n) is 14.7. The molecule has 0 saturated carbocycles. The molecule has 0 aliphatic rings. The van der Waals surface area contributed by atoms with Crippen molar-refractivity contribution in [2.45, 2.75) is 17.2 Å². The van der Waals surface area contributed by atoms with Gasteiger partial charge in [-0.05, 0) is 30.5 Å². The lowest BCUT2D eigenvalue weighted by molar-refractivity contribution is -0.138. The smallest absolute Gasteiger partial charge is 0.416 e. The quantitative estimate of drug-likeness (QED) is 0.255. The molecule has 0 N–H and O–H groups in total. The molecule has 0 amide bonds. The highest BCUT2D eigenvalue weighted by Gasteiger charge is 2.31. The number of rotatable bonds is 4. The maximum Gasteiger partial charge on any atom is 0.416 e. The van der Waals surface area contributed by atoms with Crippen LogP contribution >= 0.6 is 11.8 Å². The molecule has 0 aliphatic heterocycles. The molecule has 3 rings (SSSR count). The molecule has 0 atom stereocenters. The van der Waals surface area contributed by atoms with Crippen LogP contribution in [0.2, 0.25) is 0 Å². The van der Waals surface area contributed by atoms with Gasteiger partial charge in [0.1, 0.15) is 5.76 Å². The highest BCUT2D eigenvalue weighted by molar-refractivity contribution is 7.98. The zero-order valence-corrected chi connectivity index (χ0v) is 15.5. The Kier molecular flexibility index (Phi) is 5.53. The second-order valence-electron chi connectivity index (χ2n) is 5.99. The maximum atomic E-state index is 12.7. The summed E-state index contributed by atoms with van der Waals surface area (Å²) in [4.78, 5) is 13.1. The molecule has 2 nitrogen and oxygen atoms in total. The van der Waals surface area contributed by atoms with Gasteiger partial charge in [-0.2, -0.15) is 26.3 Å². The van der Waals surface area contributed by atoms with E-state index in [0.717, 1.165) is 36.4 Å². The minimum absolute atomic E-state index is 0.00151. The molecule has 0 saturated heterocycles. The van der Waals surface area contributed by atoms with Crippen molar-refractivity contribution in [3.8, 4) is 11.3 Å². The van der Waals surface area contributed by atoms with Gasteiger partial charge in [0.05, 0.1) is 16.0 Å². The van der Waals surface area contributed by atoms with Gasteiger partial charge in [-0.1, -0.05) is 24.3 Å². The van der Waals surface area contributed by atoms with Crippen molar-refractivity contribution in [2.75, 3.05) is 6.26 Å². The van der Waals surface area contributed by atoms with Crippen molar-refractivity contribution in [2.24, 2.45) is 0 Å². The van der Waals surface area contributed by atoms with Gasteiger partial charge in [0.15, 0.2) is 5.76 Å². The Balaban J connectivity index is 1.92. The van der Waals surface area contributed by atoms with Gasteiger partial charge in [-0.3, -0.25) is 4.79 Å². The lowest BCUT2D eigenvalue weighted by atomic mass is 10.1. The van der Waals surface area contributed by atoms with Crippen LogP contribution in [0, 0.1) is 0 Å². The minimum Gasteiger partial charge on any atom is -0.451 e. The van der Waals surface area contributed by atoms with Crippen LogP contribution in [0.15, 0.2) is 63.9 Å². The number of carbonyl (C=O) groups excluding carboxylic acids is 1. The van der Waals surface area contributed by atoms with Gasteiger partial charge in [0.25, 0.3) is 0 Å². The number of alkyl halides is 6. The summed E-state index contributed by atoms with van der Waals surface area (Å²) in [6.07, 6.45) is -7.30. The standard InChI is InChI=1S/C20H12F6O2S/c1-29-16-10-15(17(27)11-2-6-13(7-3-11)19(21,22)23)28-18(16)12-4-8-14(9-5-12)20(24,25)26/h2-10H,1H3. The summed E-state index contributed by atoms with van der Waals surface area (Å²) in [5.74, 6) is -0.544. The Labute approximate surface area is 165 Å². The number of thioether (sulfide) groups is 1. The van der Waals surface area contributed by atoms with Crippen molar-refractivity contribution in [3.63, 3.8) is 0 Å². The molecule has 0 fully saturated rings. The first-order valence-corrected chi connectivity index (χ1v) is 9.30. The van der Waals surface area contributed by atoms with E-state index >= 15 is 0 Å². The molecule has 29 heavy (non-hydrogen) atoms. The first-order valence-electron chi connectivity index (χ1n) is 8.08. The SMILES string of the molecule is CSc1cc(C(=O)c2ccc(C(F)(F)F)cc2)oc1-c1ccc(C(F)(F)F)cc1. The molecule has 0 aliphatic carbocycles.